The van der Waals surface area contributed by atoms with E-state index in [4.69, 9.17) is 10.5 Å². The molecule has 0 saturated carbocycles. The number of ether oxygens (including phenoxy) is 1. The zero-order chi connectivity index (χ0) is 29.7. The molecule has 0 aromatic carbocycles. The van der Waals surface area contributed by atoms with E-state index in [1.54, 1.807) is 0 Å². The fraction of sp³-hybridized carbons (Fsp3) is 0.848. The van der Waals surface area contributed by atoms with Crippen molar-refractivity contribution in [3.05, 3.63) is 12.2 Å². The Morgan fingerprint density at radius 2 is 1.23 bits per heavy atom. The molecule has 0 aliphatic heterocycles. The number of hydrogen-bond donors (Lipinski definition) is 3. The zero-order valence-corrected chi connectivity index (χ0v) is 25.9. The van der Waals surface area contributed by atoms with E-state index in [2.05, 4.69) is 31.3 Å². The van der Waals surface area contributed by atoms with E-state index in [-0.39, 0.29) is 18.0 Å². The predicted octanol–water partition coefficient (Wildman–Crippen LogP) is 7.99. The van der Waals surface area contributed by atoms with Crippen molar-refractivity contribution in [3.8, 4) is 0 Å². The van der Waals surface area contributed by atoms with Gasteiger partial charge in [0.25, 0.3) is 0 Å². The maximum Gasteiger partial charge on any atom is 0.326 e. The van der Waals surface area contributed by atoms with Crippen LogP contribution in [0, 0.1) is 0 Å². The van der Waals surface area contributed by atoms with Crippen molar-refractivity contribution in [3.63, 3.8) is 0 Å². The van der Waals surface area contributed by atoms with Gasteiger partial charge in [0.2, 0.25) is 5.91 Å². The number of rotatable bonds is 29. The van der Waals surface area contributed by atoms with Crippen molar-refractivity contribution in [2.75, 3.05) is 6.54 Å². The monoisotopic (exact) mass is 566 g/mol. The van der Waals surface area contributed by atoms with Gasteiger partial charge in [-0.15, -0.1) is 0 Å². The third-order valence-electron chi connectivity index (χ3n) is 7.33. The van der Waals surface area contributed by atoms with Crippen LogP contribution in [0.5, 0.6) is 0 Å². The van der Waals surface area contributed by atoms with E-state index in [0.29, 0.717) is 38.6 Å². The number of aliphatic carboxylic acids is 1. The molecular formula is C33H62N2O5. The third kappa shape index (κ3) is 25.1. The summed E-state index contributed by atoms with van der Waals surface area (Å²) >= 11 is 0. The van der Waals surface area contributed by atoms with Crippen molar-refractivity contribution in [2.24, 2.45) is 5.73 Å². The standard InChI is InChI=1S/C33H62N2O5/c1-3-5-7-8-9-10-11-12-13-14-15-16-21-27-32(37)40-29(23-18-6-4-2)24-19-17-20-26-31(36)35-30(33(38)39)25-22-28-34/h10-11,29-30H,3-9,12-28,34H2,1-2H3,(H,35,36)(H,38,39)/b11-10-. The van der Waals surface area contributed by atoms with Crippen LogP contribution < -0.4 is 11.1 Å². The summed E-state index contributed by atoms with van der Waals surface area (Å²) < 4.78 is 5.85. The van der Waals surface area contributed by atoms with Crippen LogP contribution in [0.15, 0.2) is 12.2 Å². The summed E-state index contributed by atoms with van der Waals surface area (Å²) in [7, 11) is 0. The molecule has 2 unspecified atom stereocenters. The van der Waals surface area contributed by atoms with Crippen LogP contribution in [0.25, 0.3) is 0 Å². The minimum atomic E-state index is -1.02. The number of carbonyl (C=O) groups is 3. The molecule has 2 atom stereocenters. The molecule has 0 spiro atoms. The first-order valence-corrected chi connectivity index (χ1v) is 16.5. The first-order valence-electron chi connectivity index (χ1n) is 16.5. The van der Waals surface area contributed by atoms with Crippen molar-refractivity contribution >= 4 is 17.8 Å². The normalized spacial score (nSPS) is 12.9. The number of carboxylic acid groups (broad SMARTS) is 1. The molecule has 0 aliphatic rings. The second-order valence-corrected chi connectivity index (χ2v) is 11.2. The van der Waals surface area contributed by atoms with Gasteiger partial charge in [-0.2, -0.15) is 0 Å². The Labute approximate surface area is 245 Å². The average Bonchev–Trinajstić information content (AvgIpc) is 2.93. The Kier molecular flexibility index (Phi) is 27.3. The molecule has 40 heavy (non-hydrogen) atoms. The summed E-state index contributed by atoms with van der Waals surface area (Å²) in [5.74, 6) is -1.33. The summed E-state index contributed by atoms with van der Waals surface area (Å²) in [6.07, 6.45) is 27.1. The molecule has 0 fully saturated rings. The van der Waals surface area contributed by atoms with Crippen LogP contribution in [0.4, 0.5) is 0 Å². The minimum Gasteiger partial charge on any atom is -0.480 e. The number of esters is 1. The molecule has 0 aliphatic carbocycles. The first-order chi connectivity index (χ1) is 19.4. The van der Waals surface area contributed by atoms with Crippen molar-refractivity contribution in [1.29, 1.82) is 0 Å². The van der Waals surface area contributed by atoms with E-state index in [9.17, 15) is 19.5 Å². The maximum atomic E-state index is 12.5. The molecule has 1 amide bonds. The molecule has 0 bridgehead atoms. The highest BCUT2D eigenvalue weighted by atomic mass is 16.5. The molecule has 0 rings (SSSR count). The lowest BCUT2D eigenvalue weighted by Gasteiger charge is -2.18. The van der Waals surface area contributed by atoms with Crippen molar-refractivity contribution in [2.45, 2.75) is 174 Å². The highest BCUT2D eigenvalue weighted by Crippen LogP contribution is 2.17. The quantitative estimate of drug-likeness (QED) is 0.0479. The summed E-state index contributed by atoms with van der Waals surface area (Å²) in [4.78, 5) is 35.9. The summed E-state index contributed by atoms with van der Waals surface area (Å²) in [6.45, 7) is 4.82. The predicted molar refractivity (Wildman–Crippen MR) is 165 cm³/mol. The van der Waals surface area contributed by atoms with Gasteiger partial charge in [-0.1, -0.05) is 83.8 Å². The van der Waals surface area contributed by atoms with Crippen LogP contribution in [0.2, 0.25) is 0 Å². The molecule has 234 valence electrons. The fourth-order valence-corrected chi connectivity index (χ4v) is 4.80. The van der Waals surface area contributed by atoms with Gasteiger partial charge in [0.1, 0.15) is 12.1 Å². The molecule has 0 heterocycles. The average molecular weight is 567 g/mol. The highest BCUT2D eigenvalue weighted by molar-refractivity contribution is 5.83. The van der Waals surface area contributed by atoms with Gasteiger partial charge in [0.05, 0.1) is 0 Å². The molecule has 4 N–H and O–H groups in total. The Balaban J connectivity index is 4.06. The van der Waals surface area contributed by atoms with Crippen LogP contribution in [0.3, 0.4) is 0 Å². The smallest absolute Gasteiger partial charge is 0.326 e. The number of unbranched alkanes of at least 4 members (excludes halogenated alkanes) is 13. The maximum absolute atomic E-state index is 12.5. The van der Waals surface area contributed by atoms with Crippen LogP contribution in [-0.2, 0) is 19.1 Å². The molecule has 0 saturated heterocycles. The van der Waals surface area contributed by atoms with Crippen LogP contribution >= 0.6 is 0 Å². The molecular weight excluding hydrogens is 504 g/mol. The van der Waals surface area contributed by atoms with Gasteiger partial charge in [-0.25, -0.2) is 4.79 Å². The van der Waals surface area contributed by atoms with Crippen LogP contribution in [0.1, 0.15) is 162 Å². The lowest BCUT2D eigenvalue weighted by atomic mass is 10.0. The largest absolute Gasteiger partial charge is 0.480 e. The molecule has 7 heteroatoms. The zero-order valence-electron chi connectivity index (χ0n) is 25.9. The van der Waals surface area contributed by atoms with Gasteiger partial charge in [-0.05, 0) is 83.6 Å². The van der Waals surface area contributed by atoms with Gasteiger partial charge < -0.3 is 20.9 Å². The minimum absolute atomic E-state index is 0.0470. The second-order valence-electron chi connectivity index (χ2n) is 11.2. The first kappa shape index (κ1) is 38.1. The van der Waals surface area contributed by atoms with E-state index >= 15 is 0 Å². The summed E-state index contributed by atoms with van der Waals surface area (Å²) in [6, 6.07) is -0.870. The molecule has 7 nitrogen and oxygen atoms in total. The Hall–Kier alpha value is -1.89. The van der Waals surface area contributed by atoms with Gasteiger partial charge in [0, 0.05) is 12.8 Å². The lowest BCUT2D eigenvalue weighted by Crippen LogP contribution is -2.40. The van der Waals surface area contributed by atoms with Gasteiger partial charge in [-0.3, -0.25) is 9.59 Å². The molecule has 0 radical (unpaired) electrons. The number of carbonyl (C=O) groups excluding carboxylic acids is 2. The molecule has 0 aromatic rings. The SMILES string of the molecule is CCCCCC/C=C\CCCCCCCC(=O)OC(CCCCC)CCCCCC(=O)NC(CCCN)C(=O)O. The second kappa shape index (κ2) is 28.6. The number of hydrogen-bond acceptors (Lipinski definition) is 5. The van der Waals surface area contributed by atoms with Crippen molar-refractivity contribution in [1.82, 2.24) is 5.32 Å². The van der Waals surface area contributed by atoms with Gasteiger partial charge >= 0.3 is 11.9 Å². The van der Waals surface area contributed by atoms with E-state index in [1.165, 1.54) is 51.4 Å². The van der Waals surface area contributed by atoms with E-state index in [1.807, 2.05) is 0 Å². The number of nitrogens with two attached hydrogens (primary N) is 1. The third-order valence-corrected chi connectivity index (χ3v) is 7.33. The lowest BCUT2D eigenvalue weighted by molar-refractivity contribution is -0.150. The van der Waals surface area contributed by atoms with Gasteiger partial charge in [0.15, 0.2) is 0 Å². The van der Waals surface area contributed by atoms with Crippen molar-refractivity contribution < 1.29 is 24.2 Å². The number of carboxylic acids is 1. The Morgan fingerprint density at radius 1 is 0.700 bits per heavy atom. The highest BCUT2D eigenvalue weighted by Gasteiger charge is 2.19. The van der Waals surface area contributed by atoms with E-state index < -0.39 is 12.0 Å². The summed E-state index contributed by atoms with van der Waals surface area (Å²) in [5.41, 5.74) is 5.45. The van der Waals surface area contributed by atoms with E-state index in [0.717, 1.165) is 64.2 Å². The number of nitrogens with one attached hydrogen (secondary N) is 1. The number of allylic oxidation sites excluding steroid dienone is 2. The number of amides is 1. The Bertz CT molecular complexity index is 653. The topological polar surface area (TPSA) is 119 Å². The van der Waals surface area contributed by atoms with Crippen LogP contribution in [-0.4, -0.2) is 41.6 Å². The fourth-order valence-electron chi connectivity index (χ4n) is 4.80. The summed E-state index contributed by atoms with van der Waals surface area (Å²) in [5, 5.41) is 11.8. The molecule has 0 aromatic heterocycles. The Morgan fingerprint density at radius 3 is 1.85 bits per heavy atom.